The van der Waals surface area contributed by atoms with Gasteiger partial charge in [-0.3, -0.25) is 10.1 Å². The van der Waals surface area contributed by atoms with E-state index in [2.05, 4.69) is 25.4 Å². The third-order valence-corrected chi connectivity index (χ3v) is 3.43. The third-order valence-electron chi connectivity index (χ3n) is 2.90. The maximum Gasteiger partial charge on any atom is 0.278 e. The molecule has 0 aliphatic rings. The number of hydrogen-bond donors (Lipinski definition) is 1. The minimum absolute atomic E-state index is 0.0655. The minimum atomic E-state index is -0.498. The van der Waals surface area contributed by atoms with E-state index in [0.717, 1.165) is 5.56 Å². The quantitative estimate of drug-likeness (QED) is 0.783. The number of nitrogens with one attached hydrogen (secondary N) is 1. The zero-order valence-corrected chi connectivity index (χ0v) is 13.2. The van der Waals surface area contributed by atoms with Crippen LogP contribution in [0.1, 0.15) is 16.1 Å². The molecule has 0 atom stereocenters. The Bertz CT molecular complexity index is 833. The Kier molecular flexibility index (Phi) is 4.50. The Morgan fingerprint density at radius 3 is 2.70 bits per heavy atom. The summed E-state index contributed by atoms with van der Waals surface area (Å²) in [4.78, 5) is 23.6. The minimum Gasteiger partial charge on any atom is -0.288 e. The second-order valence-electron chi connectivity index (χ2n) is 4.57. The number of nitrogens with zero attached hydrogens (tertiary/aromatic N) is 5. The summed E-state index contributed by atoms with van der Waals surface area (Å²) in [6.07, 6.45) is 4.11. The van der Waals surface area contributed by atoms with Crippen molar-refractivity contribution in [2.24, 2.45) is 0 Å². The second-order valence-corrected chi connectivity index (χ2v) is 5.41. The molecule has 0 aliphatic heterocycles. The Labute approximate surface area is 141 Å². The average molecular weight is 349 g/mol. The lowest BCUT2D eigenvalue weighted by Crippen LogP contribution is -2.15. The van der Waals surface area contributed by atoms with Gasteiger partial charge in [0.2, 0.25) is 5.95 Å². The van der Waals surface area contributed by atoms with Gasteiger partial charge in [0.15, 0.2) is 5.69 Å². The maximum absolute atomic E-state index is 12.1. The molecule has 0 aliphatic carbocycles. The fourth-order valence-electron chi connectivity index (χ4n) is 1.85. The molecule has 9 heteroatoms. The number of hydrogen-bond acceptors (Lipinski definition) is 5. The van der Waals surface area contributed by atoms with Crippen molar-refractivity contribution in [1.29, 1.82) is 0 Å². The molecule has 0 saturated carbocycles. The zero-order chi connectivity index (χ0) is 16.2. The maximum atomic E-state index is 12.1. The van der Waals surface area contributed by atoms with Gasteiger partial charge >= 0.3 is 0 Å². The molecule has 3 rings (SSSR count). The predicted molar refractivity (Wildman–Crippen MR) is 85.6 cm³/mol. The van der Waals surface area contributed by atoms with E-state index >= 15 is 0 Å². The first-order valence-electron chi connectivity index (χ1n) is 6.52. The van der Waals surface area contributed by atoms with Crippen molar-refractivity contribution in [1.82, 2.24) is 24.7 Å². The first kappa shape index (κ1) is 15.4. The molecule has 0 saturated heterocycles. The zero-order valence-electron chi connectivity index (χ0n) is 11.6. The van der Waals surface area contributed by atoms with Crippen molar-refractivity contribution in [3.63, 3.8) is 0 Å². The summed E-state index contributed by atoms with van der Waals surface area (Å²) in [5.41, 5.74) is 1.08. The molecular weight excluding hydrogens is 339 g/mol. The van der Waals surface area contributed by atoms with Gasteiger partial charge in [0.25, 0.3) is 5.91 Å². The van der Waals surface area contributed by atoms with Gasteiger partial charge in [0, 0.05) is 11.2 Å². The molecule has 0 unspecified atom stereocenters. The van der Waals surface area contributed by atoms with E-state index in [9.17, 15) is 4.79 Å². The summed E-state index contributed by atoms with van der Waals surface area (Å²) in [5.74, 6) is -0.333. The van der Waals surface area contributed by atoms with Gasteiger partial charge in [-0.2, -0.15) is 0 Å². The van der Waals surface area contributed by atoms with Crippen LogP contribution in [0.3, 0.4) is 0 Å². The Morgan fingerprint density at radius 1 is 1.17 bits per heavy atom. The Balaban J connectivity index is 1.69. The number of aromatic nitrogens is 5. The van der Waals surface area contributed by atoms with E-state index in [1.807, 2.05) is 12.1 Å². The third kappa shape index (κ3) is 3.82. The molecule has 0 bridgehead atoms. The molecule has 23 heavy (non-hydrogen) atoms. The Morgan fingerprint density at radius 2 is 1.96 bits per heavy atom. The van der Waals surface area contributed by atoms with Crippen molar-refractivity contribution in [2.75, 3.05) is 5.32 Å². The van der Waals surface area contributed by atoms with E-state index in [1.165, 1.54) is 18.9 Å². The summed E-state index contributed by atoms with van der Waals surface area (Å²) < 4.78 is 1.60. The molecule has 1 amide bonds. The lowest BCUT2D eigenvalue weighted by Gasteiger charge is -2.02. The summed E-state index contributed by atoms with van der Waals surface area (Å²) in [5, 5.41) is 7.54. The normalized spacial score (nSPS) is 10.5. The lowest BCUT2D eigenvalue weighted by molar-refractivity contribution is 0.102. The van der Waals surface area contributed by atoms with Crippen LogP contribution in [0.15, 0.2) is 43.1 Å². The van der Waals surface area contributed by atoms with Crippen LogP contribution in [0.5, 0.6) is 0 Å². The molecule has 1 N–H and O–H groups in total. The average Bonchev–Trinajstić information content (AvgIpc) is 2.97. The number of amides is 1. The van der Waals surface area contributed by atoms with Crippen molar-refractivity contribution >= 4 is 35.1 Å². The van der Waals surface area contributed by atoms with E-state index < -0.39 is 5.91 Å². The molecule has 0 spiro atoms. The van der Waals surface area contributed by atoms with Crippen molar-refractivity contribution in [2.45, 2.75) is 6.54 Å². The van der Waals surface area contributed by atoms with Crippen LogP contribution < -0.4 is 5.32 Å². The van der Waals surface area contributed by atoms with Crippen LogP contribution >= 0.6 is 23.2 Å². The van der Waals surface area contributed by atoms with Crippen LogP contribution in [0.4, 0.5) is 5.95 Å². The van der Waals surface area contributed by atoms with Crippen molar-refractivity contribution in [3.05, 3.63) is 64.4 Å². The van der Waals surface area contributed by atoms with Gasteiger partial charge in [-0.25, -0.2) is 19.6 Å². The highest BCUT2D eigenvalue weighted by Crippen LogP contribution is 2.13. The second kappa shape index (κ2) is 6.72. The van der Waals surface area contributed by atoms with Gasteiger partial charge < -0.3 is 0 Å². The molecule has 7 nitrogen and oxygen atoms in total. The lowest BCUT2D eigenvalue weighted by atomic mass is 10.2. The molecule has 2 heterocycles. The highest BCUT2D eigenvalue weighted by molar-refractivity contribution is 6.33. The predicted octanol–water partition coefficient (Wildman–Crippen LogP) is 2.68. The monoisotopic (exact) mass is 348 g/mol. The summed E-state index contributed by atoms with van der Waals surface area (Å²) in [6, 6.07) is 7.38. The fourth-order valence-corrected chi connectivity index (χ4v) is 2.16. The van der Waals surface area contributed by atoms with Crippen molar-refractivity contribution < 1.29 is 4.79 Å². The van der Waals surface area contributed by atoms with Crippen LogP contribution in [0.2, 0.25) is 10.0 Å². The molecule has 1 aromatic carbocycles. The Hall–Kier alpha value is -2.51. The molecule has 116 valence electrons. The van der Waals surface area contributed by atoms with Crippen molar-refractivity contribution in [3.8, 4) is 0 Å². The topological polar surface area (TPSA) is 85.6 Å². The molecule has 3 aromatic rings. The van der Waals surface area contributed by atoms with E-state index in [4.69, 9.17) is 23.2 Å². The van der Waals surface area contributed by atoms with Gasteiger partial charge in [-0.1, -0.05) is 35.3 Å². The highest BCUT2D eigenvalue weighted by Gasteiger charge is 2.14. The number of carbonyl (C=O) groups is 1. The number of rotatable bonds is 4. The molecule has 0 radical (unpaired) electrons. The molecule has 2 aromatic heterocycles. The summed E-state index contributed by atoms with van der Waals surface area (Å²) in [6.45, 7) is 0.508. The number of benzene rings is 1. The van der Waals surface area contributed by atoms with E-state index in [1.54, 1.807) is 16.8 Å². The SMILES string of the molecule is O=C(Nc1ncn(Cc2ccc(Cl)cc2)n1)c1ncncc1Cl. The van der Waals surface area contributed by atoms with Crippen LogP contribution in [-0.4, -0.2) is 30.6 Å². The standard InChI is InChI=1S/C14H10Cl2N6O/c15-10-3-1-9(2-4-10)6-22-8-19-14(21-22)20-13(23)12-11(16)5-17-7-18-12/h1-5,7-8H,6H2,(H,20,21,23). The van der Waals surface area contributed by atoms with E-state index in [0.29, 0.717) is 11.6 Å². The summed E-state index contributed by atoms with van der Waals surface area (Å²) in [7, 11) is 0. The van der Waals surface area contributed by atoms with Crippen LogP contribution in [0, 0.1) is 0 Å². The highest BCUT2D eigenvalue weighted by atomic mass is 35.5. The van der Waals surface area contributed by atoms with Gasteiger partial charge in [0.1, 0.15) is 12.7 Å². The van der Waals surface area contributed by atoms with Gasteiger partial charge in [0.05, 0.1) is 11.6 Å². The van der Waals surface area contributed by atoms with Gasteiger partial charge in [-0.05, 0) is 17.7 Å². The number of carbonyl (C=O) groups excluding carboxylic acids is 1. The van der Waals surface area contributed by atoms with Crippen LogP contribution in [0.25, 0.3) is 0 Å². The smallest absolute Gasteiger partial charge is 0.278 e. The van der Waals surface area contributed by atoms with Crippen LogP contribution in [-0.2, 0) is 6.54 Å². The largest absolute Gasteiger partial charge is 0.288 e. The number of anilines is 1. The first-order chi connectivity index (χ1) is 11.1. The number of halogens is 2. The molecular formula is C14H10Cl2N6O. The first-order valence-corrected chi connectivity index (χ1v) is 7.28. The fraction of sp³-hybridized carbons (Fsp3) is 0.0714. The van der Waals surface area contributed by atoms with E-state index in [-0.39, 0.29) is 16.7 Å². The van der Waals surface area contributed by atoms with Gasteiger partial charge in [-0.15, -0.1) is 5.10 Å². The molecule has 0 fully saturated rings. The summed E-state index contributed by atoms with van der Waals surface area (Å²) >= 11 is 11.7.